The van der Waals surface area contributed by atoms with Gasteiger partial charge in [0.15, 0.2) is 0 Å². The number of hydrogen-bond donors (Lipinski definition) is 2. The molecule has 0 amide bonds. The van der Waals surface area contributed by atoms with E-state index in [4.69, 9.17) is 0 Å². The summed E-state index contributed by atoms with van der Waals surface area (Å²) >= 11 is 2.06. The fraction of sp³-hybridized carbons (Fsp3) is 0.600. The molecule has 1 aliphatic heterocycles. The van der Waals surface area contributed by atoms with E-state index in [1.165, 1.54) is 23.5 Å². The molecule has 1 heterocycles. The first-order chi connectivity index (χ1) is 8.58. The largest absolute Gasteiger partial charge is 0.508 e. The first kappa shape index (κ1) is 13.8. The topological polar surface area (TPSA) is 32.3 Å². The molecule has 1 aliphatic rings. The quantitative estimate of drug-likeness (QED) is 0.877. The Balaban J connectivity index is 1.79. The molecule has 0 bridgehead atoms. The van der Waals surface area contributed by atoms with Gasteiger partial charge in [-0.1, -0.05) is 26.0 Å². The second kappa shape index (κ2) is 5.98. The average molecular weight is 265 g/mol. The van der Waals surface area contributed by atoms with E-state index in [2.05, 4.69) is 30.9 Å². The van der Waals surface area contributed by atoms with Crippen molar-refractivity contribution in [2.75, 3.05) is 18.1 Å². The van der Waals surface area contributed by atoms with Gasteiger partial charge in [-0.05, 0) is 48.3 Å². The summed E-state index contributed by atoms with van der Waals surface area (Å²) in [6.07, 6.45) is 2.33. The van der Waals surface area contributed by atoms with Crippen LogP contribution >= 0.6 is 11.8 Å². The van der Waals surface area contributed by atoms with Crippen LogP contribution < -0.4 is 5.32 Å². The Morgan fingerprint density at radius 1 is 1.33 bits per heavy atom. The number of phenols is 1. The highest BCUT2D eigenvalue weighted by Gasteiger charge is 2.31. The minimum atomic E-state index is 0.344. The van der Waals surface area contributed by atoms with Gasteiger partial charge in [0.1, 0.15) is 5.75 Å². The van der Waals surface area contributed by atoms with Crippen LogP contribution in [0.25, 0.3) is 0 Å². The smallest absolute Gasteiger partial charge is 0.115 e. The average Bonchev–Trinajstić information content (AvgIpc) is 2.33. The monoisotopic (exact) mass is 265 g/mol. The van der Waals surface area contributed by atoms with Crippen molar-refractivity contribution in [3.8, 4) is 5.75 Å². The van der Waals surface area contributed by atoms with Gasteiger partial charge < -0.3 is 10.4 Å². The molecule has 1 unspecified atom stereocenters. The van der Waals surface area contributed by atoms with Crippen molar-refractivity contribution in [3.05, 3.63) is 29.8 Å². The predicted octanol–water partition coefficient (Wildman–Crippen LogP) is 3.06. The molecule has 0 aliphatic carbocycles. The molecule has 0 aromatic heterocycles. The van der Waals surface area contributed by atoms with Gasteiger partial charge in [0, 0.05) is 11.8 Å². The van der Waals surface area contributed by atoms with Crippen LogP contribution in [0.1, 0.15) is 25.8 Å². The summed E-state index contributed by atoms with van der Waals surface area (Å²) in [6.45, 7) is 5.75. The van der Waals surface area contributed by atoms with Gasteiger partial charge in [-0.15, -0.1) is 0 Å². The first-order valence-electron chi connectivity index (χ1n) is 6.67. The summed E-state index contributed by atoms with van der Waals surface area (Å²) in [5.74, 6) is 2.86. The number of rotatable bonds is 4. The van der Waals surface area contributed by atoms with Crippen molar-refractivity contribution < 1.29 is 5.11 Å². The molecule has 100 valence electrons. The van der Waals surface area contributed by atoms with E-state index in [1.807, 2.05) is 12.1 Å². The van der Waals surface area contributed by atoms with Crippen LogP contribution in [-0.2, 0) is 6.42 Å². The van der Waals surface area contributed by atoms with Crippen molar-refractivity contribution in [1.29, 1.82) is 0 Å². The lowest BCUT2D eigenvalue weighted by molar-refractivity contribution is 0.247. The lowest BCUT2D eigenvalue weighted by atomic mass is 9.82. The third-order valence-corrected chi connectivity index (χ3v) is 4.92. The fourth-order valence-corrected chi connectivity index (χ4v) is 3.97. The zero-order valence-corrected chi connectivity index (χ0v) is 12.1. The van der Waals surface area contributed by atoms with E-state index in [0.29, 0.717) is 17.2 Å². The van der Waals surface area contributed by atoms with Crippen molar-refractivity contribution in [3.63, 3.8) is 0 Å². The van der Waals surface area contributed by atoms with Gasteiger partial charge in [0.2, 0.25) is 0 Å². The number of aromatic hydroxyl groups is 1. The molecule has 18 heavy (non-hydrogen) atoms. The van der Waals surface area contributed by atoms with Crippen LogP contribution in [0.5, 0.6) is 5.75 Å². The maximum absolute atomic E-state index is 9.24. The maximum Gasteiger partial charge on any atom is 0.115 e. The molecular formula is C15H23NOS. The van der Waals surface area contributed by atoms with E-state index in [-0.39, 0.29) is 0 Å². The summed E-state index contributed by atoms with van der Waals surface area (Å²) in [4.78, 5) is 0. The molecule has 1 aromatic carbocycles. The van der Waals surface area contributed by atoms with Crippen molar-refractivity contribution in [2.24, 2.45) is 5.41 Å². The summed E-state index contributed by atoms with van der Waals surface area (Å²) in [7, 11) is 0. The molecule has 2 rings (SSSR count). The predicted molar refractivity (Wildman–Crippen MR) is 79.3 cm³/mol. The third kappa shape index (κ3) is 3.66. The molecule has 0 saturated carbocycles. The Kier molecular flexibility index (Phi) is 4.57. The molecule has 1 aromatic rings. The van der Waals surface area contributed by atoms with Gasteiger partial charge in [0.25, 0.3) is 0 Å². The second-order valence-corrected chi connectivity index (χ2v) is 6.89. The number of phenolic OH excluding ortho intramolecular Hbond substituents is 1. The molecule has 1 fully saturated rings. The molecule has 1 atom stereocenters. The maximum atomic E-state index is 9.24. The Hall–Kier alpha value is -0.670. The van der Waals surface area contributed by atoms with E-state index < -0.39 is 0 Å². The first-order valence-corrected chi connectivity index (χ1v) is 7.82. The summed E-state index contributed by atoms with van der Waals surface area (Å²) in [5.41, 5.74) is 1.70. The fourth-order valence-electron chi connectivity index (χ4n) is 2.32. The van der Waals surface area contributed by atoms with Gasteiger partial charge in [-0.3, -0.25) is 0 Å². The molecule has 2 nitrogen and oxygen atoms in total. The molecule has 0 radical (unpaired) electrons. The summed E-state index contributed by atoms with van der Waals surface area (Å²) in [6, 6.07) is 8.13. The minimum Gasteiger partial charge on any atom is -0.508 e. The van der Waals surface area contributed by atoms with Gasteiger partial charge in [0.05, 0.1) is 0 Å². The Bertz CT molecular complexity index is 375. The van der Waals surface area contributed by atoms with Crippen molar-refractivity contribution in [2.45, 2.75) is 32.7 Å². The van der Waals surface area contributed by atoms with Crippen LogP contribution in [0.4, 0.5) is 0 Å². The van der Waals surface area contributed by atoms with E-state index >= 15 is 0 Å². The SMILES string of the molecule is CC1(C)CCSCC1NCCc1ccc(O)cc1. The molecule has 0 spiro atoms. The normalized spacial score (nSPS) is 22.9. The van der Waals surface area contributed by atoms with E-state index in [1.54, 1.807) is 12.1 Å². The standard InChI is InChI=1S/C15H23NOS/c1-15(2)8-10-18-11-14(15)16-9-7-12-3-5-13(17)6-4-12/h3-6,14,16-17H,7-11H2,1-2H3. The zero-order chi connectivity index (χ0) is 13.0. The van der Waals surface area contributed by atoms with Gasteiger partial charge >= 0.3 is 0 Å². The number of hydrogen-bond acceptors (Lipinski definition) is 3. The molecule has 3 heteroatoms. The number of benzene rings is 1. The van der Waals surface area contributed by atoms with Crippen molar-refractivity contribution >= 4 is 11.8 Å². The van der Waals surface area contributed by atoms with Crippen LogP contribution in [0.15, 0.2) is 24.3 Å². The van der Waals surface area contributed by atoms with E-state index in [0.717, 1.165) is 13.0 Å². The summed E-state index contributed by atoms with van der Waals surface area (Å²) in [5, 5.41) is 12.9. The molecule has 2 N–H and O–H groups in total. The highest BCUT2D eigenvalue weighted by atomic mass is 32.2. The highest BCUT2D eigenvalue weighted by Crippen LogP contribution is 2.34. The Labute approximate surface area is 114 Å². The molecule has 1 saturated heterocycles. The third-order valence-electron chi connectivity index (χ3n) is 3.86. The summed E-state index contributed by atoms with van der Waals surface area (Å²) < 4.78 is 0. The number of thioether (sulfide) groups is 1. The second-order valence-electron chi connectivity index (χ2n) is 5.74. The van der Waals surface area contributed by atoms with Gasteiger partial charge in [-0.2, -0.15) is 11.8 Å². The van der Waals surface area contributed by atoms with Gasteiger partial charge in [-0.25, -0.2) is 0 Å². The van der Waals surface area contributed by atoms with Crippen LogP contribution in [0.3, 0.4) is 0 Å². The Morgan fingerprint density at radius 3 is 2.72 bits per heavy atom. The van der Waals surface area contributed by atoms with Crippen LogP contribution in [0, 0.1) is 5.41 Å². The lowest BCUT2D eigenvalue weighted by Gasteiger charge is -2.39. The molecular weight excluding hydrogens is 242 g/mol. The minimum absolute atomic E-state index is 0.344. The lowest BCUT2D eigenvalue weighted by Crippen LogP contribution is -2.47. The van der Waals surface area contributed by atoms with Crippen LogP contribution in [-0.4, -0.2) is 29.2 Å². The zero-order valence-electron chi connectivity index (χ0n) is 11.3. The van der Waals surface area contributed by atoms with Crippen LogP contribution in [0.2, 0.25) is 0 Å². The number of nitrogens with one attached hydrogen (secondary N) is 1. The van der Waals surface area contributed by atoms with Crippen molar-refractivity contribution in [1.82, 2.24) is 5.32 Å². The Morgan fingerprint density at radius 2 is 2.06 bits per heavy atom. The highest BCUT2D eigenvalue weighted by molar-refractivity contribution is 7.99. The van der Waals surface area contributed by atoms with E-state index in [9.17, 15) is 5.11 Å².